The van der Waals surface area contributed by atoms with E-state index in [1.807, 2.05) is 31.2 Å². The number of aromatic nitrogens is 3. The van der Waals surface area contributed by atoms with Crippen molar-refractivity contribution < 1.29 is 14.3 Å². The van der Waals surface area contributed by atoms with Crippen molar-refractivity contribution in [3.05, 3.63) is 47.9 Å². The molecule has 0 bridgehead atoms. The van der Waals surface area contributed by atoms with Crippen LogP contribution in [0.3, 0.4) is 0 Å². The minimum absolute atomic E-state index is 0.0162. The molecule has 2 saturated carbocycles. The Morgan fingerprint density at radius 2 is 2.00 bits per heavy atom. The Bertz CT molecular complexity index is 1350. The molecule has 0 spiro atoms. The van der Waals surface area contributed by atoms with Gasteiger partial charge in [-0.1, -0.05) is 6.07 Å². The molecular weight excluding hydrogens is 392 g/mol. The predicted octanol–water partition coefficient (Wildman–Crippen LogP) is 4.47. The number of oxazole rings is 1. The van der Waals surface area contributed by atoms with Crippen LogP contribution >= 0.6 is 0 Å². The summed E-state index contributed by atoms with van der Waals surface area (Å²) in [6.45, 7) is 1.92. The second-order valence-corrected chi connectivity index (χ2v) is 8.72. The molecule has 2 aliphatic carbocycles. The highest BCUT2D eigenvalue weighted by Crippen LogP contribution is 2.42. The minimum Gasteiger partial charge on any atom is -0.436 e. The zero-order valence-corrected chi connectivity index (χ0v) is 17.2. The Morgan fingerprint density at radius 1 is 1.16 bits per heavy atom. The number of nitrogens with zero attached hydrogens (tertiary/aromatic N) is 3. The normalized spacial score (nSPS) is 17.6. The molecule has 4 aromatic rings. The number of hydrogen-bond acceptors (Lipinski definition) is 6. The van der Waals surface area contributed by atoms with E-state index in [4.69, 9.17) is 9.40 Å². The second kappa shape index (κ2) is 6.59. The molecule has 3 aromatic heterocycles. The summed E-state index contributed by atoms with van der Waals surface area (Å²) < 4.78 is 6.05. The molecule has 1 amide bonds. The molecule has 6 rings (SSSR count). The number of aryl methyl sites for hydroxylation is 1. The van der Waals surface area contributed by atoms with Crippen molar-refractivity contribution in [1.82, 2.24) is 15.0 Å². The number of pyridine rings is 2. The lowest BCUT2D eigenvalue weighted by atomic mass is 9.75. The van der Waals surface area contributed by atoms with E-state index in [0.717, 1.165) is 59.7 Å². The summed E-state index contributed by atoms with van der Waals surface area (Å²) in [4.78, 5) is 25.8. The van der Waals surface area contributed by atoms with Gasteiger partial charge in [-0.3, -0.25) is 9.78 Å². The molecule has 7 nitrogen and oxygen atoms in total. The number of fused-ring (bicyclic) bond motifs is 2. The van der Waals surface area contributed by atoms with E-state index in [2.05, 4.69) is 15.3 Å². The zero-order chi connectivity index (χ0) is 21.2. The summed E-state index contributed by atoms with van der Waals surface area (Å²) in [6, 6.07) is 7.55. The number of carbonyl (C=O) groups is 1. The largest absolute Gasteiger partial charge is 0.436 e. The second-order valence-electron chi connectivity index (χ2n) is 8.72. The monoisotopic (exact) mass is 414 g/mol. The molecule has 2 fully saturated rings. The average Bonchev–Trinajstić information content (AvgIpc) is 3.51. The fraction of sp³-hybridized carbons (Fsp3) is 0.333. The summed E-state index contributed by atoms with van der Waals surface area (Å²) in [5.41, 5.74) is 3.09. The van der Waals surface area contributed by atoms with Crippen molar-refractivity contribution >= 4 is 33.6 Å². The van der Waals surface area contributed by atoms with Crippen LogP contribution in [0.25, 0.3) is 33.3 Å². The fourth-order valence-electron chi connectivity index (χ4n) is 4.21. The number of benzene rings is 1. The number of nitrogens with one attached hydrogen (secondary N) is 1. The van der Waals surface area contributed by atoms with Gasteiger partial charge in [-0.25, -0.2) is 9.97 Å². The molecule has 0 saturated heterocycles. The van der Waals surface area contributed by atoms with Crippen molar-refractivity contribution in [2.75, 3.05) is 5.32 Å². The highest BCUT2D eigenvalue weighted by molar-refractivity contribution is 6.00. The maximum absolute atomic E-state index is 12.2. The number of rotatable bonds is 4. The first-order valence-electron chi connectivity index (χ1n) is 10.7. The maximum atomic E-state index is 12.2. The van der Waals surface area contributed by atoms with Gasteiger partial charge in [-0.05, 0) is 62.8 Å². The first-order chi connectivity index (χ1) is 15.0. The number of carbonyl (C=O) groups excluding carboxylic acids is 1. The fourth-order valence-corrected chi connectivity index (χ4v) is 4.21. The van der Waals surface area contributed by atoms with E-state index in [9.17, 15) is 9.90 Å². The molecule has 1 aromatic carbocycles. The molecular formula is C24H22N4O3. The summed E-state index contributed by atoms with van der Waals surface area (Å²) in [6.07, 6.45) is 7.94. The van der Waals surface area contributed by atoms with E-state index >= 15 is 0 Å². The van der Waals surface area contributed by atoms with Gasteiger partial charge < -0.3 is 14.8 Å². The Balaban J connectivity index is 1.44. The number of hydrogen-bond donors (Lipinski definition) is 2. The van der Waals surface area contributed by atoms with Crippen molar-refractivity contribution in [3.63, 3.8) is 0 Å². The molecule has 31 heavy (non-hydrogen) atoms. The van der Waals surface area contributed by atoms with Crippen molar-refractivity contribution in [2.45, 2.75) is 44.6 Å². The molecule has 2 N–H and O–H groups in total. The Morgan fingerprint density at radius 3 is 2.74 bits per heavy atom. The Kier molecular flexibility index (Phi) is 3.92. The quantitative estimate of drug-likeness (QED) is 0.511. The van der Waals surface area contributed by atoms with Crippen LogP contribution in [0.5, 0.6) is 0 Å². The molecule has 0 aliphatic heterocycles. The minimum atomic E-state index is -0.744. The topological polar surface area (TPSA) is 101 Å². The van der Waals surface area contributed by atoms with Gasteiger partial charge in [0, 0.05) is 34.8 Å². The first kappa shape index (κ1) is 18.4. The SMILES string of the molecule is Cc1ncc(-c2nc3cc(C4(O)CCC4)ccc3o2)c2cc(NC(=O)C3CC3)ncc12. The van der Waals surface area contributed by atoms with Crippen LogP contribution in [0.15, 0.2) is 41.1 Å². The molecule has 7 heteroatoms. The van der Waals surface area contributed by atoms with Crippen LogP contribution in [0.1, 0.15) is 43.4 Å². The van der Waals surface area contributed by atoms with Gasteiger partial charge in [-0.15, -0.1) is 0 Å². The van der Waals surface area contributed by atoms with Gasteiger partial charge in [0.15, 0.2) is 5.58 Å². The molecule has 0 atom stereocenters. The number of aliphatic hydroxyl groups is 1. The van der Waals surface area contributed by atoms with Crippen molar-refractivity contribution in [2.24, 2.45) is 5.92 Å². The number of amides is 1. The van der Waals surface area contributed by atoms with Crippen molar-refractivity contribution in [1.29, 1.82) is 0 Å². The van der Waals surface area contributed by atoms with Crippen LogP contribution < -0.4 is 5.32 Å². The van der Waals surface area contributed by atoms with Gasteiger partial charge in [0.1, 0.15) is 11.3 Å². The van der Waals surface area contributed by atoms with Gasteiger partial charge in [0.05, 0.1) is 11.2 Å². The Hall–Kier alpha value is -3.32. The molecule has 0 unspecified atom stereocenters. The zero-order valence-electron chi connectivity index (χ0n) is 17.2. The van der Waals surface area contributed by atoms with Crippen LogP contribution in [0.4, 0.5) is 5.82 Å². The van der Waals surface area contributed by atoms with Gasteiger partial charge in [0.2, 0.25) is 11.8 Å². The van der Waals surface area contributed by atoms with E-state index in [1.165, 1.54) is 0 Å². The Labute approximate surface area is 178 Å². The predicted molar refractivity (Wildman–Crippen MR) is 116 cm³/mol. The third kappa shape index (κ3) is 3.08. The van der Waals surface area contributed by atoms with Crippen molar-refractivity contribution in [3.8, 4) is 11.5 Å². The van der Waals surface area contributed by atoms with Gasteiger partial charge in [-0.2, -0.15) is 0 Å². The molecule has 0 radical (unpaired) electrons. The summed E-state index contributed by atoms with van der Waals surface area (Å²) in [7, 11) is 0. The lowest BCUT2D eigenvalue weighted by Crippen LogP contribution is -2.33. The third-order valence-electron chi connectivity index (χ3n) is 6.51. The van der Waals surface area contributed by atoms with Crippen LogP contribution in [-0.4, -0.2) is 26.0 Å². The van der Waals surface area contributed by atoms with Gasteiger partial charge >= 0.3 is 0 Å². The average molecular weight is 414 g/mol. The maximum Gasteiger partial charge on any atom is 0.229 e. The van der Waals surface area contributed by atoms with Gasteiger partial charge in [0.25, 0.3) is 0 Å². The summed E-state index contributed by atoms with van der Waals surface area (Å²) in [5, 5.41) is 15.3. The summed E-state index contributed by atoms with van der Waals surface area (Å²) in [5.74, 6) is 1.09. The molecule has 2 aliphatic rings. The summed E-state index contributed by atoms with van der Waals surface area (Å²) >= 11 is 0. The first-order valence-corrected chi connectivity index (χ1v) is 10.7. The third-order valence-corrected chi connectivity index (χ3v) is 6.51. The lowest BCUT2D eigenvalue weighted by molar-refractivity contribution is -0.117. The van der Waals surface area contributed by atoms with E-state index in [1.54, 1.807) is 12.4 Å². The standard InChI is InChI=1S/C24H22N4O3/c1-13-17-11-26-21(28-22(29)14-3-4-14)10-16(17)18(12-25-13)23-27-19-9-15(5-6-20(19)31-23)24(30)7-2-8-24/h5-6,9-12,14,30H,2-4,7-8H2,1H3,(H,26,28,29). The van der Waals surface area contributed by atoms with Crippen LogP contribution in [-0.2, 0) is 10.4 Å². The van der Waals surface area contributed by atoms with Crippen LogP contribution in [0.2, 0.25) is 0 Å². The van der Waals surface area contributed by atoms with E-state index in [0.29, 0.717) is 22.8 Å². The highest BCUT2D eigenvalue weighted by Gasteiger charge is 2.36. The van der Waals surface area contributed by atoms with Crippen LogP contribution in [0, 0.1) is 12.8 Å². The smallest absolute Gasteiger partial charge is 0.229 e. The lowest BCUT2D eigenvalue weighted by Gasteiger charge is -2.36. The van der Waals surface area contributed by atoms with E-state index in [-0.39, 0.29) is 11.8 Å². The molecule has 156 valence electrons. The van der Waals surface area contributed by atoms with E-state index < -0.39 is 5.60 Å². The molecule has 3 heterocycles. The highest BCUT2D eigenvalue weighted by atomic mass is 16.3. The number of anilines is 1.